The number of anilines is 2. The summed E-state index contributed by atoms with van der Waals surface area (Å²) in [5.41, 5.74) is 1.01. The lowest BCUT2D eigenvalue weighted by atomic mass is 9.96. The van der Waals surface area contributed by atoms with E-state index < -0.39 is 24.1 Å². The number of benzene rings is 2. The molecule has 0 spiro atoms. The van der Waals surface area contributed by atoms with Crippen LogP contribution in [0.15, 0.2) is 48.5 Å². The first kappa shape index (κ1) is 22.1. The third kappa shape index (κ3) is 3.54. The fourth-order valence-corrected chi connectivity index (χ4v) is 4.91. The molecule has 2 aliphatic heterocycles. The van der Waals surface area contributed by atoms with Crippen molar-refractivity contribution >= 4 is 35.1 Å². The summed E-state index contributed by atoms with van der Waals surface area (Å²) in [7, 11) is 0. The summed E-state index contributed by atoms with van der Waals surface area (Å²) in [5.74, 6) is -1.38. The van der Waals surface area contributed by atoms with Gasteiger partial charge in [0.25, 0.3) is 11.8 Å². The number of rotatable bonds is 6. The van der Waals surface area contributed by atoms with Crippen molar-refractivity contribution < 1.29 is 23.9 Å². The molecule has 1 unspecified atom stereocenters. The monoisotopic (exact) mass is 461 g/mol. The molecule has 176 valence electrons. The van der Waals surface area contributed by atoms with Crippen molar-refractivity contribution in [1.29, 1.82) is 0 Å². The molecular formula is C26H27N3O5. The van der Waals surface area contributed by atoms with Crippen LogP contribution in [-0.2, 0) is 19.1 Å². The van der Waals surface area contributed by atoms with Crippen LogP contribution in [0.5, 0.6) is 0 Å². The maximum Gasteiger partial charge on any atom is 0.354 e. The molecule has 0 radical (unpaired) electrons. The second kappa shape index (κ2) is 8.27. The Morgan fingerprint density at radius 3 is 2.47 bits per heavy atom. The summed E-state index contributed by atoms with van der Waals surface area (Å²) >= 11 is 0. The van der Waals surface area contributed by atoms with Crippen LogP contribution in [0.4, 0.5) is 11.4 Å². The summed E-state index contributed by atoms with van der Waals surface area (Å²) in [6.07, 6.45) is 1.78. The summed E-state index contributed by atoms with van der Waals surface area (Å²) < 4.78 is 5.46. The Hall–Kier alpha value is -3.68. The number of nitrogens with zero attached hydrogens (tertiary/aromatic N) is 2. The summed E-state index contributed by atoms with van der Waals surface area (Å²) in [5, 5.41) is 2.73. The number of esters is 1. The lowest BCUT2D eigenvalue weighted by Gasteiger charge is -2.48. The smallest absolute Gasteiger partial charge is 0.354 e. The second-order valence-corrected chi connectivity index (χ2v) is 9.37. The number of carbonyl (C=O) groups is 4. The van der Waals surface area contributed by atoms with Crippen LogP contribution >= 0.6 is 0 Å². The fourth-order valence-electron chi connectivity index (χ4n) is 4.91. The molecule has 1 saturated heterocycles. The first-order valence-electron chi connectivity index (χ1n) is 11.7. The van der Waals surface area contributed by atoms with Crippen LogP contribution in [-0.4, -0.2) is 46.9 Å². The van der Waals surface area contributed by atoms with Gasteiger partial charge in [-0.3, -0.25) is 19.3 Å². The molecule has 2 fully saturated rings. The van der Waals surface area contributed by atoms with Gasteiger partial charge in [0.15, 0.2) is 6.61 Å². The quantitative estimate of drug-likeness (QED) is 0.665. The second-order valence-electron chi connectivity index (χ2n) is 9.37. The molecule has 1 atom stereocenters. The molecule has 34 heavy (non-hydrogen) atoms. The molecule has 0 bridgehead atoms. The van der Waals surface area contributed by atoms with E-state index in [0.717, 1.165) is 18.4 Å². The third-order valence-electron chi connectivity index (χ3n) is 6.73. The van der Waals surface area contributed by atoms with Crippen LogP contribution in [0.1, 0.15) is 61.4 Å². The molecule has 1 N–H and O–H groups in total. The summed E-state index contributed by atoms with van der Waals surface area (Å²) in [6.45, 7) is 3.66. The van der Waals surface area contributed by atoms with Crippen molar-refractivity contribution in [1.82, 2.24) is 4.90 Å². The lowest BCUT2D eigenvalue weighted by Crippen LogP contribution is -2.69. The minimum absolute atomic E-state index is 0.119. The predicted molar refractivity (Wildman–Crippen MR) is 125 cm³/mol. The molecular weight excluding hydrogens is 434 g/mol. The lowest BCUT2D eigenvalue weighted by molar-refractivity contribution is -0.159. The van der Waals surface area contributed by atoms with Gasteiger partial charge in [0.1, 0.15) is 0 Å². The Morgan fingerprint density at radius 2 is 1.79 bits per heavy atom. The van der Waals surface area contributed by atoms with Crippen LogP contribution < -0.4 is 10.2 Å². The zero-order valence-electron chi connectivity index (χ0n) is 19.2. The van der Waals surface area contributed by atoms with Gasteiger partial charge in [-0.2, -0.15) is 0 Å². The molecule has 8 nitrogen and oxygen atoms in total. The van der Waals surface area contributed by atoms with E-state index in [1.54, 1.807) is 36.4 Å². The number of hydrogen-bond donors (Lipinski definition) is 1. The van der Waals surface area contributed by atoms with E-state index in [2.05, 4.69) is 19.2 Å². The largest absolute Gasteiger partial charge is 0.452 e. The van der Waals surface area contributed by atoms with E-state index in [1.165, 1.54) is 9.80 Å². The zero-order valence-corrected chi connectivity index (χ0v) is 19.2. The fraction of sp³-hybridized carbons (Fsp3) is 0.385. The van der Waals surface area contributed by atoms with E-state index in [4.69, 9.17) is 4.74 Å². The van der Waals surface area contributed by atoms with Crippen molar-refractivity contribution in [2.24, 2.45) is 0 Å². The van der Waals surface area contributed by atoms with Gasteiger partial charge >= 0.3 is 5.97 Å². The van der Waals surface area contributed by atoms with E-state index in [9.17, 15) is 19.2 Å². The van der Waals surface area contributed by atoms with Gasteiger partial charge in [0.2, 0.25) is 11.6 Å². The highest BCUT2D eigenvalue weighted by Crippen LogP contribution is 2.49. The molecule has 2 aromatic carbocycles. The van der Waals surface area contributed by atoms with Gasteiger partial charge < -0.3 is 15.0 Å². The number of ether oxygens (including phenoxy) is 1. The number of carbonyl (C=O) groups excluding carboxylic acids is 4. The third-order valence-corrected chi connectivity index (χ3v) is 6.73. The number of fused-ring (bicyclic) bond motifs is 3. The first-order valence-corrected chi connectivity index (χ1v) is 11.7. The molecule has 3 amide bonds. The molecule has 2 heterocycles. The number of hydrogen-bond acceptors (Lipinski definition) is 5. The van der Waals surface area contributed by atoms with Crippen LogP contribution in [0, 0.1) is 0 Å². The van der Waals surface area contributed by atoms with Crippen LogP contribution in [0.3, 0.4) is 0 Å². The molecule has 1 saturated carbocycles. The zero-order chi connectivity index (χ0) is 24.0. The first-order chi connectivity index (χ1) is 16.3. The number of amides is 3. The number of para-hydroxylation sites is 1. The Kier molecular flexibility index (Phi) is 5.38. The topological polar surface area (TPSA) is 96.0 Å². The molecule has 3 aliphatic rings. The molecule has 5 rings (SSSR count). The van der Waals surface area contributed by atoms with Gasteiger partial charge in [0, 0.05) is 24.6 Å². The minimum atomic E-state index is -1.55. The highest BCUT2D eigenvalue weighted by Gasteiger charge is 2.64. The Morgan fingerprint density at radius 1 is 1.09 bits per heavy atom. The predicted octanol–water partition coefficient (Wildman–Crippen LogP) is 3.43. The average Bonchev–Trinajstić information content (AvgIpc) is 3.60. The minimum Gasteiger partial charge on any atom is -0.452 e. The Bertz CT molecular complexity index is 1170. The maximum atomic E-state index is 13.5. The van der Waals surface area contributed by atoms with Crippen molar-refractivity contribution in [3.63, 3.8) is 0 Å². The van der Waals surface area contributed by atoms with Crippen molar-refractivity contribution in [2.75, 3.05) is 16.8 Å². The van der Waals surface area contributed by atoms with E-state index in [-0.39, 0.29) is 30.7 Å². The van der Waals surface area contributed by atoms with Gasteiger partial charge in [-0.05, 0) is 48.6 Å². The van der Waals surface area contributed by atoms with Crippen LogP contribution in [0.2, 0.25) is 0 Å². The van der Waals surface area contributed by atoms with E-state index in [1.807, 2.05) is 12.1 Å². The molecule has 8 heteroatoms. The van der Waals surface area contributed by atoms with Crippen molar-refractivity contribution in [3.05, 3.63) is 59.7 Å². The van der Waals surface area contributed by atoms with Gasteiger partial charge in [-0.15, -0.1) is 0 Å². The maximum absolute atomic E-state index is 13.5. The molecule has 1 aliphatic carbocycles. The highest BCUT2D eigenvalue weighted by atomic mass is 16.5. The Balaban J connectivity index is 1.37. The summed E-state index contributed by atoms with van der Waals surface area (Å²) in [6, 6.07) is 14.2. The van der Waals surface area contributed by atoms with Crippen molar-refractivity contribution in [2.45, 2.75) is 57.2 Å². The molecule has 0 aromatic heterocycles. The summed E-state index contributed by atoms with van der Waals surface area (Å²) in [4.78, 5) is 55.3. The van der Waals surface area contributed by atoms with E-state index in [0.29, 0.717) is 22.9 Å². The van der Waals surface area contributed by atoms with Crippen LogP contribution in [0.25, 0.3) is 0 Å². The van der Waals surface area contributed by atoms with E-state index >= 15 is 0 Å². The van der Waals surface area contributed by atoms with Gasteiger partial charge in [-0.1, -0.05) is 38.1 Å². The van der Waals surface area contributed by atoms with Gasteiger partial charge in [-0.25, -0.2) is 4.79 Å². The normalized spacial score (nSPS) is 21.4. The van der Waals surface area contributed by atoms with Crippen molar-refractivity contribution in [3.8, 4) is 0 Å². The Labute approximate surface area is 197 Å². The SMILES string of the molecule is CC(C)c1ccc(NC(=O)COC(=O)C23CCC(=O)N2c2ccccc2C(=O)N3C2CC2)cc1. The highest BCUT2D eigenvalue weighted by molar-refractivity contribution is 6.16. The van der Waals surface area contributed by atoms with Gasteiger partial charge in [0.05, 0.1) is 11.3 Å². The molecule has 2 aromatic rings. The standard InChI is InChI=1S/C26H27N3O5/c1-16(2)17-7-9-18(10-8-17)27-22(30)15-34-25(33)26-14-13-23(31)29(26)21-6-4-3-5-20(21)24(32)28(26)19-11-12-19/h3-10,16,19H,11-15H2,1-2H3,(H,27,30). The number of nitrogens with one attached hydrogen (secondary N) is 1. The average molecular weight is 462 g/mol.